The van der Waals surface area contributed by atoms with Gasteiger partial charge in [0.2, 0.25) is 11.8 Å². The second-order valence-electron chi connectivity index (χ2n) is 6.68. The van der Waals surface area contributed by atoms with Crippen LogP contribution in [0.25, 0.3) is 21.9 Å². The largest absolute Gasteiger partial charge is 0.471 e. The van der Waals surface area contributed by atoms with Crippen molar-refractivity contribution in [2.75, 3.05) is 13.1 Å². The second-order valence-corrected chi connectivity index (χ2v) is 6.68. The van der Waals surface area contributed by atoms with E-state index in [9.17, 15) is 4.79 Å². The maximum Gasteiger partial charge on any atom is 0.229 e. The highest BCUT2D eigenvalue weighted by molar-refractivity contribution is 5.86. The molecule has 0 N–H and O–H groups in total. The third-order valence-electron chi connectivity index (χ3n) is 4.83. The van der Waals surface area contributed by atoms with Gasteiger partial charge in [0, 0.05) is 16.8 Å². The van der Waals surface area contributed by atoms with Crippen LogP contribution in [0.2, 0.25) is 0 Å². The van der Waals surface area contributed by atoms with Crippen LogP contribution in [0.5, 0.6) is 5.88 Å². The van der Waals surface area contributed by atoms with Gasteiger partial charge >= 0.3 is 0 Å². The van der Waals surface area contributed by atoms with Gasteiger partial charge in [-0.2, -0.15) is 0 Å². The summed E-state index contributed by atoms with van der Waals surface area (Å²) >= 11 is 0. The number of hydrogen-bond donors (Lipinski definition) is 0. The smallest absolute Gasteiger partial charge is 0.229 e. The number of fused-ring (bicyclic) bond motifs is 2. The summed E-state index contributed by atoms with van der Waals surface area (Å²) in [6.45, 7) is 1.12. The van der Waals surface area contributed by atoms with Crippen LogP contribution in [0.4, 0.5) is 0 Å². The molecule has 0 aliphatic carbocycles. The Kier molecular flexibility index (Phi) is 3.74. The van der Waals surface area contributed by atoms with Crippen LogP contribution < -0.4 is 4.74 Å². The lowest BCUT2D eigenvalue weighted by atomic mass is 10.1. The summed E-state index contributed by atoms with van der Waals surface area (Å²) in [5.41, 5.74) is 2.28. The van der Waals surface area contributed by atoms with Crippen LogP contribution >= 0.6 is 0 Å². The van der Waals surface area contributed by atoms with E-state index in [1.54, 1.807) is 4.90 Å². The molecule has 1 fully saturated rings. The Balaban J connectivity index is 1.20. The average Bonchev–Trinajstić information content (AvgIpc) is 3.07. The van der Waals surface area contributed by atoms with Crippen LogP contribution in [0.3, 0.4) is 0 Å². The predicted molar refractivity (Wildman–Crippen MR) is 100 cm³/mol. The van der Waals surface area contributed by atoms with E-state index in [1.807, 2.05) is 60.7 Å². The molecule has 27 heavy (non-hydrogen) atoms. The maximum atomic E-state index is 12.5. The van der Waals surface area contributed by atoms with Crippen LogP contribution in [0, 0.1) is 0 Å². The first-order valence-electron chi connectivity index (χ1n) is 8.90. The molecule has 6 heteroatoms. The predicted octanol–water partition coefficient (Wildman–Crippen LogP) is 3.21. The lowest BCUT2D eigenvalue weighted by molar-refractivity contribution is -0.139. The molecule has 0 radical (unpaired) electrons. The number of aromatic nitrogens is 2. The Morgan fingerprint density at radius 1 is 1.07 bits per heavy atom. The molecule has 0 atom stereocenters. The summed E-state index contributed by atoms with van der Waals surface area (Å²) in [5, 5.41) is 6.00. The lowest BCUT2D eigenvalue weighted by Crippen LogP contribution is -2.56. The summed E-state index contributed by atoms with van der Waals surface area (Å²) in [4.78, 5) is 18.8. The fourth-order valence-corrected chi connectivity index (χ4v) is 3.32. The Labute approximate surface area is 155 Å². The van der Waals surface area contributed by atoms with E-state index >= 15 is 0 Å². The van der Waals surface area contributed by atoms with E-state index in [0.717, 1.165) is 16.3 Å². The van der Waals surface area contributed by atoms with Crippen molar-refractivity contribution in [2.45, 2.75) is 12.5 Å². The van der Waals surface area contributed by atoms with Gasteiger partial charge < -0.3 is 14.2 Å². The van der Waals surface area contributed by atoms with Crippen LogP contribution in [0.15, 0.2) is 65.2 Å². The lowest BCUT2D eigenvalue weighted by Gasteiger charge is -2.38. The number of likely N-dealkylation sites (tertiary alicyclic amines) is 1. The monoisotopic (exact) mass is 359 g/mol. The van der Waals surface area contributed by atoms with Gasteiger partial charge in [0.05, 0.1) is 25.0 Å². The van der Waals surface area contributed by atoms with Gasteiger partial charge in [0.15, 0.2) is 5.58 Å². The van der Waals surface area contributed by atoms with Gasteiger partial charge in [0.25, 0.3) is 0 Å². The molecule has 1 aliphatic heterocycles. The highest BCUT2D eigenvalue weighted by atomic mass is 16.5. The molecule has 2 aromatic heterocycles. The van der Waals surface area contributed by atoms with Crippen LogP contribution in [-0.2, 0) is 11.2 Å². The molecule has 0 spiro atoms. The molecular weight excluding hydrogens is 342 g/mol. The number of rotatable bonds is 4. The zero-order valence-electron chi connectivity index (χ0n) is 14.5. The first kappa shape index (κ1) is 15.8. The Bertz CT molecular complexity index is 1130. The number of carbonyl (C=O) groups excluding carboxylic acids is 1. The topological polar surface area (TPSA) is 68.5 Å². The molecule has 1 saturated heterocycles. The van der Waals surface area contributed by atoms with Crippen molar-refractivity contribution in [1.29, 1.82) is 0 Å². The second kappa shape index (κ2) is 6.39. The molecule has 0 unspecified atom stereocenters. The Morgan fingerprint density at radius 3 is 2.81 bits per heavy atom. The highest BCUT2D eigenvalue weighted by Gasteiger charge is 2.33. The first-order chi connectivity index (χ1) is 13.3. The average molecular weight is 359 g/mol. The number of para-hydroxylation sites is 2. The normalized spacial score (nSPS) is 14.4. The number of carbonyl (C=O) groups is 1. The molecular formula is C21H17N3O3. The third-order valence-corrected chi connectivity index (χ3v) is 4.83. The summed E-state index contributed by atoms with van der Waals surface area (Å²) < 4.78 is 11.2. The van der Waals surface area contributed by atoms with Gasteiger partial charge in [-0.05, 0) is 24.3 Å². The molecule has 1 aliphatic rings. The Morgan fingerprint density at radius 2 is 1.89 bits per heavy atom. The fraction of sp³-hybridized carbons (Fsp3) is 0.190. The van der Waals surface area contributed by atoms with Crippen molar-refractivity contribution >= 4 is 27.8 Å². The van der Waals surface area contributed by atoms with Crippen LogP contribution in [0.1, 0.15) is 5.69 Å². The molecule has 6 nitrogen and oxygen atoms in total. The van der Waals surface area contributed by atoms with Crippen molar-refractivity contribution in [3.63, 3.8) is 0 Å². The van der Waals surface area contributed by atoms with Gasteiger partial charge in [-0.3, -0.25) is 4.79 Å². The fourth-order valence-electron chi connectivity index (χ4n) is 3.32. The SMILES string of the molecule is O=C(Cc1noc2ccccc12)N1CC(Oc2ccc3ccccc3n2)C1. The first-order valence-corrected chi connectivity index (χ1v) is 8.90. The van der Waals surface area contributed by atoms with Crippen LogP contribution in [-0.4, -0.2) is 40.1 Å². The third kappa shape index (κ3) is 2.99. The van der Waals surface area contributed by atoms with Gasteiger partial charge in [-0.15, -0.1) is 0 Å². The number of amides is 1. The summed E-state index contributed by atoms with van der Waals surface area (Å²) in [6.07, 6.45) is 0.203. The number of hydrogen-bond acceptors (Lipinski definition) is 5. The van der Waals surface area contributed by atoms with Crippen molar-refractivity contribution in [1.82, 2.24) is 15.0 Å². The Hall–Kier alpha value is -3.41. The molecule has 3 heterocycles. The summed E-state index contributed by atoms with van der Waals surface area (Å²) in [6, 6.07) is 19.3. The number of benzene rings is 2. The van der Waals surface area contributed by atoms with E-state index in [2.05, 4.69) is 10.1 Å². The van der Waals surface area contributed by atoms with Gasteiger partial charge in [0.1, 0.15) is 11.8 Å². The molecule has 2 aromatic carbocycles. The van der Waals surface area contributed by atoms with Crippen molar-refractivity contribution in [3.05, 3.63) is 66.4 Å². The molecule has 5 rings (SSSR count). The molecule has 4 aromatic rings. The quantitative estimate of drug-likeness (QED) is 0.560. The van der Waals surface area contributed by atoms with E-state index in [1.165, 1.54) is 0 Å². The van der Waals surface area contributed by atoms with Crippen molar-refractivity contribution in [3.8, 4) is 5.88 Å². The van der Waals surface area contributed by atoms with E-state index < -0.39 is 0 Å². The molecule has 0 bridgehead atoms. The minimum atomic E-state index is -0.0309. The maximum absolute atomic E-state index is 12.5. The zero-order chi connectivity index (χ0) is 18.2. The van der Waals surface area contributed by atoms with Crippen molar-refractivity contribution in [2.24, 2.45) is 0 Å². The van der Waals surface area contributed by atoms with Crippen molar-refractivity contribution < 1.29 is 14.1 Å². The number of ether oxygens (including phenoxy) is 1. The van der Waals surface area contributed by atoms with Gasteiger partial charge in [-0.25, -0.2) is 4.98 Å². The minimum absolute atomic E-state index is 0.0281. The number of nitrogens with zero attached hydrogens (tertiary/aromatic N) is 3. The zero-order valence-corrected chi connectivity index (χ0v) is 14.5. The minimum Gasteiger partial charge on any atom is -0.471 e. The summed E-state index contributed by atoms with van der Waals surface area (Å²) in [7, 11) is 0. The van der Waals surface area contributed by atoms with E-state index in [0.29, 0.717) is 30.2 Å². The van der Waals surface area contributed by atoms with Gasteiger partial charge in [-0.1, -0.05) is 35.5 Å². The standard InChI is InChI=1S/C21H17N3O3/c25-21(11-18-16-6-2-4-8-19(16)27-23-18)24-12-15(13-24)26-20-10-9-14-5-1-3-7-17(14)22-20/h1-10,15H,11-13H2. The van der Waals surface area contributed by atoms with E-state index in [-0.39, 0.29) is 18.4 Å². The summed E-state index contributed by atoms with van der Waals surface area (Å²) in [5.74, 6) is 0.619. The number of pyridine rings is 1. The highest BCUT2D eigenvalue weighted by Crippen LogP contribution is 2.22. The molecule has 134 valence electrons. The van der Waals surface area contributed by atoms with E-state index in [4.69, 9.17) is 9.26 Å². The molecule has 1 amide bonds. The molecule has 0 saturated carbocycles.